The van der Waals surface area contributed by atoms with Gasteiger partial charge in [-0.1, -0.05) is 87.1 Å². The van der Waals surface area contributed by atoms with Gasteiger partial charge in [0.2, 0.25) is 0 Å². The Balaban J connectivity index is 1.79. The molecule has 0 aromatic heterocycles. The molecular formula is C19H39OP. The van der Waals surface area contributed by atoms with Crippen molar-refractivity contribution in [3.8, 4) is 0 Å². The molecule has 126 valence electrons. The summed E-state index contributed by atoms with van der Waals surface area (Å²) < 4.78 is 6.06. The zero-order valence-corrected chi connectivity index (χ0v) is 15.9. The number of ether oxygens (including phenoxy) is 1. The van der Waals surface area contributed by atoms with Gasteiger partial charge in [0.25, 0.3) is 0 Å². The van der Waals surface area contributed by atoms with Gasteiger partial charge >= 0.3 is 0 Å². The second-order valence-corrected chi connectivity index (χ2v) is 9.03. The monoisotopic (exact) mass is 314 g/mol. The van der Waals surface area contributed by atoms with Crippen LogP contribution in [0.2, 0.25) is 0 Å². The molecule has 0 saturated carbocycles. The Morgan fingerprint density at radius 2 is 1.48 bits per heavy atom. The zero-order chi connectivity index (χ0) is 15.4. The fourth-order valence-electron chi connectivity index (χ4n) is 3.06. The Hall–Kier alpha value is 0.390. The van der Waals surface area contributed by atoms with Crippen LogP contribution in [-0.2, 0) is 4.74 Å². The fraction of sp³-hybridized carbons (Fsp3) is 1.00. The number of unbranched alkanes of at least 4 members (excludes halogenated alkanes) is 9. The second kappa shape index (κ2) is 11.9. The Bertz CT molecular complexity index is 230. The van der Waals surface area contributed by atoms with E-state index in [9.17, 15) is 0 Å². The van der Waals surface area contributed by atoms with Gasteiger partial charge in [0.15, 0.2) is 0 Å². The molecule has 1 heterocycles. The van der Waals surface area contributed by atoms with Crippen LogP contribution in [0.1, 0.15) is 97.8 Å². The second-order valence-electron chi connectivity index (χ2n) is 7.63. The summed E-state index contributed by atoms with van der Waals surface area (Å²) in [6.07, 6.45) is 18.1. The lowest BCUT2D eigenvalue weighted by Gasteiger charge is -2.34. The van der Waals surface area contributed by atoms with Crippen molar-refractivity contribution in [2.75, 3.05) is 12.8 Å². The molecule has 0 spiro atoms. The van der Waals surface area contributed by atoms with Crippen LogP contribution >= 0.6 is 8.58 Å². The molecule has 21 heavy (non-hydrogen) atoms. The SMILES string of the molecule is CCCCCCCCCCCCOC1CCC(C)(C)CP1. The van der Waals surface area contributed by atoms with Gasteiger partial charge in [0.05, 0.1) is 5.85 Å². The smallest absolute Gasteiger partial charge is 0.0737 e. The van der Waals surface area contributed by atoms with Gasteiger partial charge in [-0.05, 0) is 30.8 Å². The summed E-state index contributed by atoms with van der Waals surface area (Å²) in [5, 5.41) is 0. The highest BCUT2D eigenvalue weighted by atomic mass is 31.1. The van der Waals surface area contributed by atoms with E-state index in [4.69, 9.17) is 4.74 Å². The molecule has 0 N–H and O–H groups in total. The molecule has 2 unspecified atom stereocenters. The van der Waals surface area contributed by atoms with Crippen LogP contribution in [0.3, 0.4) is 0 Å². The van der Waals surface area contributed by atoms with Crippen LogP contribution in [0.4, 0.5) is 0 Å². The first-order chi connectivity index (χ1) is 10.1. The van der Waals surface area contributed by atoms with Crippen LogP contribution in [-0.4, -0.2) is 18.6 Å². The topological polar surface area (TPSA) is 9.23 Å². The molecule has 0 amide bonds. The standard InChI is InChI=1S/C19H39OP/c1-4-5-6-7-8-9-10-11-12-13-16-20-18-14-15-19(2,3)17-21-18/h18,21H,4-17H2,1-3H3. The molecule has 0 bridgehead atoms. The summed E-state index contributed by atoms with van der Waals surface area (Å²) in [5.41, 5.74) is 0.579. The predicted octanol–water partition coefficient (Wildman–Crippen LogP) is 6.75. The van der Waals surface area contributed by atoms with Gasteiger partial charge in [0.1, 0.15) is 0 Å². The van der Waals surface area contributed by atoms with Gasteiger partial charge in [-0.2, -0.15) is 0 Å². The number of rotatable bonds is 12. The lowest BCUT2D eigenvalue weighted by molar-refractivity contribution is 0.0861. The molecule has 1 nitrogen and oxygen atoms in total. The highest BCUT2D eigenvalue weighted by molar-refractivity contribution is 7.38. The molecule has 0 aromatic carbocycles. The summed E-state index contributed by atoms with van der Waals surface area (Å²) in [4.78, 5) is 0. The Kier molecular flexibility index (Phi) is 11.0. The van der Waals surface area contributed by atoms with Crippen LogP contribution in [0.25, 0.3) is 0 Å². The molecule has 1 aliphatic heterocycles. The van der Waals surface area contributed by atoms with Crippen LogP contribution in [0.5, 0.6) is 0 Å². The van der Waals surface area contributed by atoms with Crippen molar-refractivity contribution in [3.05, 3.63) is 0 Å². The first-order valence-corrected chi connectivity index (χ1v) is 10.8. The summed E-state index contributed by atoms with van der Waals surface area (Å²) in [6, 6.07) is 0. The van der Waals surface area contributed by atoms with Crippen molar-refractivity contribution >= 4 is 8.58 Å². The van der Waals surface area contributed by atoms with E-state index in [2.05, 4.69) is 20.8 Å². The van der Waals surface area contributed by atoms with E-state index in [0.717, 1.165) is 15.2 Å². The minimum Gasteiger partial charge on any atom is -0.374 e. The van der Waals surface area contributed by atoms with Gasteiger partial charge in [-0.15, -0.1) is 0 Å². The van der Waals surface area contributed by atoms with Crippen LogP contribution in [0, 0.1) is 5.41 Å². The fourth-order valence-corrected chi connectivity index (χ4v) is 4.60. The van der Waals surface area contributed by atoms with E-state index in [1.165, 1.54) is 83.2 Å². The Morgan fingerprint density at radius 3 is 2.00 bits per heavy atom. The third kappa shape index (κ3) is 10.7. The van der Waals surface area contributed by atoms with Crippen LogP contribution < -0.4 is 0 Å². The number of hydrogen-bond donors (Lipinski definition) is 0. The average Bonchev–Trinajstić information content (AvgIpc) is 2.46. The first kappa shape index (κ1) is 19.4. The molecule has 0 radical (unpaired) electrons. The lowest BCUT2D eigenvalue weighted by atomic mass is 9.90. The van der Waals surface area contributed by atoms with Crippen LogP contribution in [0.15, 0.2) is 0 Å². The molecule has 2 heteroatoms. The summed E-state index contributed by atoms with van der Waals surface area (Å²) >= 11 is 0. The maximum atomic E-state index is 6.06. The maximum Gasteiger partial charge on any atom is 0.0737 e. The lowest BCUT2D eigenvalue weighted by Crippen LogP contribution is -2.25. The van der Waals surface area contributed by atoms with Crippen molar-refractivity contribution in [1.82, 2.24) is 0 Å². The van der Waals surface area contributed by atoms with E-state index in [0.29, 0.717) is 11.3 Å². The molecule has 1 saturated heterocycles. The predicted molar refractivity (Wildman–Crippen MR) is 97.8 cm³/mol. The molecule has 0 aliphatic carbocycles. The van der Waals surface area contributed by atoms with Crippen molar-refractivity contribution in [3.63, 3.8) is 0 Å². The quantitative estimate of drug-likeness (QED) is 0.286. The molecule has 0 aromatic rings. The van der Waals surface area contributed by atoms with Crippen molar-refractivity contribution < 1.29 is 4.74 Å². The van der Waals surface area contributed by atoms with E-state index >= 15 is 0 Å². The van der Waals surface area contributed by atoms with E-state index in [1.54, 1.807) is 0 Å². The summed E-state index contributed by atoms with van der Waals surface area (Å²) in [5.74, 6) is 0.594. The van der Waals surface area contributed by atoms with Gasteiger partial charge < -0.3 is 4.74 Å². The minimum absolute atomic E-state index is 0.579. The molecular weight excluding hydrogens is 275 g/mol. The number of hydrogen-bond acceptors (Lipinski definition) is 1. The Morgan fingerprint density at radius 1 is 0.905 bits per heavy atom. The zero-order valence-electron chi connectivity index (χ0n) is 14.9. The maximum absolute atomic E-state index is 6.06. The Labute approximate surface area is 135 Å². The highest BCUT2D eigenvalue weighted by Crippen LogP contribution is 2.41. The first-order valence-electron chi connectivity index (χ1n) is 9.49. The van der Waals surface area contributed by atoms with Gasteiger partial charge in [-0.25, -0.2) is 0 Å². The highest BCUT2D eigenvalue weighted by Gasteiger charge is 2.26. The van der Waals surface area contributed by atoms with Crippen molar-refractivity contribution in [2.24, 2.45) is 5.41 Å². The molecule has 1 fully saturated rings. The van der Waals surface area contributed by atoms with E-state index < -0.39 is 0 Å². The largest absolute Gasteiger partial charge is 0.374 e. The summed E-state index contributed by atoms with van der Waals surface area (Å²) in [7, 11) is 1.03. The minimum atomic E-state index is 0.579. The van der Waals surface area contributed by atoms with Gasteiger partial charge in [0, 0.05) is 6.61 Å². The average molecular weight is 314 g/mol. The van der Waals surface area contributed by atoms with E-state index in [1.807, 2.05) is 0 Å². The molecule has 1 rings (SSSR count). The van der Waals surface area contributed by atoms with Crippen molar-refractivity contribution in [1.29, 1.82) is 0 Å². The normalized spacial score (nSPS) is 22.7. The summed E-state index contributed by atoms with van der Waals surface area (Å²) in [6.45, 7) is 8.10. The third-order valence-electron chi connectivity index (χ3n) is 4.71. The molecule has 1 aliphatic rings. The third-order valence-corrected chi connectivity index (χ3v) is 6.78. The van der Waals surface area contributed by atoms with Crippen molar-refractivity contribution in [2.45, 2.75) is 104 Å². The molecule has 2 atom stereocenters. The van der Waals surface area contributed by atoms with E-state index in [-0.39, 0.29) is 0 Å². The van der Waals surface area contributed by atoms with Gasteiger partial charge in [-0.3, -0.25) is 0 Å².